The molecule has 0 bridgehead atoms. The zero-order valence-electron chi connectivity index (χ0n) is 10.6. The second-order valence-electron chi connectivity index (χ2n) is 4.28. The maximum Gasteiger partial charge on any atom is 0.239 e. The third kappa shape index (κ3) is 6.04. The van der Waals surface area contributed by atoms with Crippen molar-refractivity contribution in [3.05, 3.63) is 29.3 Å². The Labute approximate surface area is 118 Å². The molecule has 3 N–H and O–H groups in total. The van der Waals surface area contributed by atoms with Gasteiger partial charge >= 0.3 is 0 Å². The molecule has 0 fully saturated rings. The maximum absolute atomic E-state index is 11.7. The van der Waals surface area contributed by atoms with Crippen molar-refractivity contribution in [3.8, 4) is 0 Å². The van der Waals surface area contributed by atoms with Gasteiger partial charge in [-0.3, -0.25) is 4.79 Å². The van der Waals surface area contributed by atoms with Gasteiger partial charge in [0.15, 0.2) is 9.84 Å². The van der Waals surface area contributed by atoms with Crippen LogP contribution < -0.4 is 11.1 Å². The molecule has 0 saturated heterocycles. The second kappa shape index (κ2) is 6.88. The smallest absolute Gasteiger partial charge is 0.239 e. The summed E-state index contributed by atoms with van der Waals surface area (Å²) in [6.07, 6.45) is 0.554. The van der Waals surface area contributed by atoms with Crippen molar-refractivity contribution < 1.29 is 13.2 Å². The van der Waals surface area contributed by atoms with Crippen LogP contribution in [0.3, 0.4) is 0 Å². The summed E-state index contributed by atoms with van der Waals surface area (Å²) in [5, 5.41) is 3.04. The van der Waals surface area contributed by atoms with Crippen LogP contribution in [-0.4, -0.2) is 31.9 Å². The Hall–Kier alpha value is -1.11. The fraction of sp³-hybridized carbons (Fsp3) is 0.417. The van der Waals surface area contributed by atoms with Crippen molar-refractivity contribution in [1.82, 2.24) is 0 Å². The topological polar surface area (TPSA) is 89.3 Å². The molecule has 1 rings (SSSR count). The predicted molar refractivity (Wildman–Crippen MR) is 77.0 cm³/mol. The summed E-state index contributed by atoms with van der Waals surface area (Å²) < 4.78 is 23.4. The number of rotatable bonds is 6. The molecular formula is C12H17ClN2O3S. The quantitative estimate of drug-likeness (QED) is 0.832. The number of hydrogen-bond donors (Lipinski definition) is 2. The summed E-state index contributed by atoms with van der Waals surface area (Å²) in [4.78, 5) is 11.6. The zero-order valence-corrected chi connectivity index (χ0v) is 12.2. The van der Waals surface area contributed by atoms with E-state index in [4.69, 9.17) is 17.3 Å². The van der Waals surface area contributed by atoms with E-state index in [-0.39, 0.29) is 5.75 Å². The SMILES string of the molecule is CCC(N)CS(=O)(=O)CC(=O)Nc1ccc(Cl)cc1. The van der Waals surface area contributed by atoms with Gasteiger partial charge < -0.3 is 11.1 Å². The van der Waals surface area contributed by atoms with Crippen molar-refractivity contribution in [3.63, 3.8) is 0 Å². The lowest BCUT2D eigenvalue weighted by Gasteiger charge is -2.10. The van der Waals surface area contributed by atoms with Gasteiger partial charge in [-0.15, -0.1) is 0 Å². The summed E-state index contributed by atoms with van der Waals surface area (Å²) in [6, 6.07) is 5.99. The summed E-state index contributed by atoms with van der Waals surface area (Å²) in [5.41, 5.74) is 6.08. The molecule has 0 heterocycles. The normalized spacial score (nSPS) is 13.0. The van der Waals surface area contributed by atoms with E-state index in [0.29, 0.717) is 17.1 Å². The molecule has 0 aliphatic carbocycles. The van der Waals surface area contributed by atoms with E-state index in [0.717, 1.165) is 0 Å². The average molecular weight is 305 g/mol. The molecule has 1 amide bonds. The Balaban J connectivity index is 2.57. The number of anilines is 1. The van der Waals surface area contributed by atoms with Crippen molar-refractivity contribution in [2.75, 3.05) is 16.8 Å². The highest BCUT2D eigenvalue weighted by Gasteiger charge is 2.19. The lowest BCUT2D eigenvalue weighted by atomic mass is 10.3. The molecule has 0 aliphatic rings. The fourth-order valence-electron chi connectivity index (χ4n) is 1.43. The molecule has 5 nitrogen and oxygen atoms in total. The van der Waals surface area contributed by atoms with Gasteiger partial charge in [0, 0.05) is 16.8 Å². The number of benzene rings is 1. The Kier molecular flexibility index (Phi) is 5.78. The number of hydrogen-bond acceptors (Lipinski definition) is 4. The molecule has 1 atom stereocenters. The lowest BCUT2D eigenvalue weighted by molar-refractivity contribution is -0.113. The predicted octanol–water partition coefficient (Wildman–Crippen LogP) is 1.43. The molecule has 0 aliphatic heterocycles. The zero-order chi connectivity index (χ0) is 14.5. The molecular weight excluding hydrogens is 288 g/mol. The Morgan fingerprint density at radius 1 is 1.37 bits per heavy atom. The molecule has 0 spiro atoms. The van der Waals surface area contributed by atoms with E-state index in [2.05, 4.69) is 5.32 Å². The van der Waals surface area contributed by atoms with Crippen LogP contribution >= 0.6 is 11.6 Å². The van der Waals surface area contributed by atoms with Gasteiger partial charge in [0.25, 0.3) is 0 Å². The number of amides is 1. The van der Waals surface area contributed by atoms with Gasteiger partial charge in [0.1, 0.15) is 5.75 Å². The number of halogens is 1. The Morgan fingerprint density at radius 2 is 1.95 bits per heavy atom. The van der Waals surface area contributed by atoms with Crippen molar-refractivity contribution in [2.24, 2.45) is 5.73 Å². The fourth-order valence-corrected chi connectivity index (χ4v) is 3.04. The van der Waals surface area contributed by atoms with Gasteiger partial charge in [-0.1, -0.05) is 18.5 Å². The van der Waals surface area contributed by atoms with Gasteiger partial charge in [0.2, 0.25) is 5.91 Å². The summed E-state index contributed by atoms with van der Waals surface area (Å²) in [7, 11) is -3.48. The number of carbonyl (C=O) groups is 1. The minimum absolute atomic E-state index is 0.183. The van der Waals surface area contributed by atoms with Crippen LogP contribution in [0.25, 0.3) is 0 Å². The van der Waals surface area contributed by atoms with Gasteiger partial charge in [0.05, 0.1) is 5.75 Å². The third-order valence-electron chi connectivity index (χ3n) is 2.47. The molecule has 1 aromatic carbocycles. The standard InChI is InChI=1S/C12H17ClN2O3S/c1-2-10(14)7-19(17,18)8-12(16)15-11-5-3-9(13)4-6-11/h3-6,10H,2,7-8,14H2,1H3,(H,15,16). The molecule has 0 saturated carbocycles. The number of nitrogens with one attached hydrogen (secondary N) is 1. The molecule has 19 heavy (non-hydrogen) atoms. The van der Waals surface area contributed by atoms with E-state index in [1.807, 2.05) is 0 Å². The molecule has 106 valence electrons. The lowest BCUT2D eigenvalue weighted by Crippen LogP contribution is -2.33. The number of sulfone groups is 1. The largest absolute Gasteiger partial charge is 0.327 e. The average Bonchev–Trinajstić information content (AvgIpc) is 2.30. The molecule has 1 aromatic rings. The van der Waals surface area contributed by atoms with Crippen LogP contribution in [0.5, 0.6) is 0 Å². The Morgan fingerprint density at radius 3 is 2.47 bits per heavy atom. The number of nitrogens with two attached hydrogens (primary N) is 1. The first-order valence-electron chi connectivity index (χ1n) is 5.84. The summed E-state index contributed by atoms with van der Waals surface area (Å²) in [5.74, 6) is -1.33. The molecule has 0 radical (unpaired) electrons. The van der Waals surface area contributed by atoms with Gasteiger partial charge in [-0.05, 0) is 30.7 Å². The van der Waals surface area contributed by atoms with E-state index in [1.165, 1.54) is 0 Å². The molecule has 0 aromatic heterocycles. The van der Waals surface area contributed by atoms with Gasteiger partial charge in [-0.25, -0.2) is 8.42 Å². The van der Waals surface area contributed by atoms with E-state index in [1.54, 1.807) is 31.2 Å². The third-order valence-corrected chi connectivity index (χ3v) is 4.36. The monoisotopic (exact) mass is 304 g/mol. The highest BCUT2D eigenvalue weighted by atomic mass is 35.5. The van der Waals surface area contributed by atoms with Crippen LogP contribution in [0.4, 0.5) is 5.69 Å². The van der Waals surface area contributed by atoms with Crippen LogP contribution in [0, 0.1) is 0 Å². The first-order valence-corrected chi connectivity index (χ1v) is 8.03. The second-order valence-corrected chi connectivity index (χ2v) is 6.82. The minimum atomic E-state index is -3.48. The van der Waals surface area contributed by atoms with Crippen LogP contribution in [-0.2, 0) is 14.6 Å². The summed E-state index contributed by atoms with van der Waals surface area (Å²) in [6.45, 7) is 1.80. The van der Waals surface area contributed by atoms with Crippen molar-refractivity contribution >= 4 is 33.0 Å². The van der Waals surface area contributed by atoms with E-state index >= 15 is 0 Å². The van der Waals surface area contributed by atoms with Crippen molar-refractivity contribution in [2.45, 2.75) is 19.4 Å². The van der Waals surface area contributed by atoms with E-state index < -0.39 is 27.5 Å². The van der Waals surface area contributed by atoms with Crippen LogP contribution in [0.1, 0.15) is 13.3 Å². The van der Waals surface area contributed by atoms with Crippen LogP contribution in [0.15, 0.2) is 24.3 Å². The Bertz CT molecular complexity index is 528. The van der Waals surface area contributed by atoms with E-state index in [9.17, 15) is 13.2 Å². The highest BCUT2D eigenvalue weighted by Crippen LogP contribution is 2.13. The van der Waals surface area contributed by atoms with Crippen LogP contribution in [0.2, 0.25) is 5.02 Å². The van der Waals surface area contributed by atoms with Crippen molar-refractivity contribution in [1.29, 1.82) is 0 Å². The molecule has 1 unspecified atom stereocenters. The minimum Gasteiger partial charge on any atom is -0.327 e. The van der Waals surface area contributed by atoms with Gasteiger partial charge in [-0.2, -0.15) is 0 Å². The first kappa shape index (κ1) is 15.9. The molecule has 7 heteroatoms. The summed E-state index contributed by atoms with van der Waals surface area (Å²) >= 11 is 5.71. The number of carbonyl (C=O) groups excluding carboxylic acids is 1. The maximum atomic E-state index is 11.7. The first-order chi connectivity index (χ1) is 8.82. The highest BCUT2D eigenvalue weighted by molar-refractivity contribution is 7.92.